The van der Waals surface area contributed by atoms with Crippen LogP contribution in [0.15, 0.2) is 36.0 Å². The summed E-state index contributed by atoms with van der Waals surface area (Å²) < 4.78 is 0. The van der Waals surface area contributed by atoms with Gasteiger partial charge in [0.2, 0.25) is 0 Å². The second kappa shape index (κ2) is 6.91. The fourth-order valence-electron chi connectivity index (χ4n) is 2.91. The monoisotopic (exact) mass is 247 g/mol. The van der Waals surface area contributed by atoms with Crippen molar-refractivity contribution in [3.05, 3.63) is 36.0 Å². The van der Waals surface area contributed by atoms with Gasteiger partial charge in [-0.2, -0.15) is 0 Å². The minimum atomic E-state index is 0.220. The highest BCUT2D eigenvalue weighted by Crippen LogP contribution is 2.28. The Kier molecular flexibility index (Phi) is 5.21. The van der Waals surface area contributed by atoms with E-state index in [4.69, 9.17) is 0 Å². The van der Waals surface area contributed by atoms with Crippen LogP contribution in [0.2, 0.25) is 0 Å². The average Bonchev–Trinajstić information content (AvgIpc) is 2.72. The van der Waals surface area contributed by atoms with Gasteiger partial charge >= 0.3 is 0 Å². The third-order valence-electron chi connectivity index (χ3n) is 4.18. The normalized spacial score (nSPS) is 29.8. The van der Waals surface area contributed by atoms with Gasteiger partial charge < -0.3 is 5.11 Å². The molecule has 1 heterocycles. The van der Waals surface area contributed by atoms with Gasteiger partial charge in [-0.15, -0.1) is 0 Å². The molecule has 1 saturated heterocycles. The fraction of sp³-hybridized carbons (Fsp3) is 0.625. The summed E-state index contributed by atoms with van der Waals surface area (Å²) in [6.45, 7) is 4.61. The van der Waals surface area contributed by atoms with Gasteiger partial charge in [0.1, 0.15) is 0 Å². The summed E-state index contributed by atoms with van der Waals surface area (Å²) in [6, 6.07) is 0. The lowest BCUT2D eigenvalue weighted by atomic mass is 9.87. The summed E-state index contributed by atoms with van der Waals surface area (Å²) in [5.41, 5.74) is 1.56. The molecule has 0 radical (unpaired) electrons. The zero-order valence-electron chi connectivity index (χ0n) is 11.4. The molecule has 0 aromatic carbocycles. The van der Waals surface area contributed by atoms with Crippen molar-refractivity contribution < 1.29 is 5.11 Å². The number of allylic oxidation sites excluding steroid dienone is 6. The second-order valence-electron chi connectivity index (χ2n) is 5.56. The van der Waals surface area contributed by atoms with Crippen molar-refractivity contribution in [2.45, 2.75) is 32.6 Å². The van der Waals surface area contributed by atoms with E-state index in [1.807, 2.05) is 0 Å². The summed E-state index contributed by atoms with van der Waals surface area (Å²) in [5, 5.41) is 9.20. The first-order valence-electron chi connectivity index (χ1n) is 7.16. The van der Waals surface area contributed by atoms with Crippen LogP contribution < -0.4 is 0 Å². The number of aliphatic hydroxyl groups is 1. The summed E-state index contributed by atoms with van der Waals surface area (Å²) in [4.78, 5) is 2.16. The number of aliphatic hydroxyl groups excluding tert-OH is 1. The van der Waals surface area contributed by atoms with Gasteiger partial charge in [0.15, 0.2) is 0 Å². The SMILES string of the molecule is CC1C=CC=CC=C1CC1CCCN(CO)CC1. The third kappa shape index (κ3) is 3.82. The molecule has 2 unspecified atom stereocenters. The van der Waals surface area contributed by atoms with Crippen molar-refractivity contribution in [3.63, 3.8) is 0 Å². The van der Waals surface area contributed by atoms with Crippen LogP contribution in [0.3, 0.4) is 0 Å². The first-order chi connectivity index (χ1) is 8.79. The lowest BCUT2D eigenvalue weighted by Gasteiger charge is -2.19. The molecule has 1 fully saturated rings. The van der Waals surface area contributed by atoms with E-state index in [1.165, 1.54) is 25.7 Å². The molecule has 0 saturated carbocycles. The van der Waals surface area contributed by atoms with Crippen LogP contribution >= 0.6 is 0 Å². The summed E-state index contributed by atoms with van der Waals surface area (Å²) in [6.07, 6.45) is 16.0. The molecule has 0 bridgehead atoms. The Morgan fingerprint density at radius 3 is 2.94 bits per heavy atom. The maximum atomic E-state index is 9.20. The number of hydrogen-bond acceptors (Lipinski definition) is 2. The van der Waals surface area contributed by atoms with E-state index in [0.717, 1.165) is 19.0 Å². The average molecular weight is 247 g/mol. The van der Waals surface area contributed by atoms with Crippen LogP contribution in [0, 0.1) is 11.8 Å². The van der Waals surface area contributed by atoms with Gasteiger partial charge in [-0.25, -0.2) is 0 Å². The van der Waals surface area contributed by atoms with Crippen molar-refractivity contribution in [2.24, 2.45) is 11.8 Å². The Hall–Kier alpha value is -0.860. The number of rotatable bonds is 3. The van der Waals surface area contributed by atoms with E-state index in [0.29, 0.717) is 5.92 Å². The lowest BCUT2D eigenvalue weighted by Crippen LogP contribution is -2.25. The van der Waals surface area contributed by atoms with E-state index in [1.54, 1.807) is 5.57 Å². The van der Waals surface area contributed by atoms with E-state index in [2.05, 4.69) is 42.2 Å². The smallest absolute Gasteiger partial charge is 0.0956 e. The Balaban J connectivity index is 1.91. The van der Waals surface area contributed by atoms with Crippen molar-refractivity contribution in [2.75, 3.05) is 19.8 Å². The molecule has 2 atom stereocenters. The molecule has 2 rings (SSSR count). The van der Waals surface area contributed by atoms with Crippen LogP contribution in [0.1, 0.15) is 32.6 Å². The highest BCUT2D eigenvalue weighted by atomic mass is 16.3. The maximum absolute atomic E-state index is 9.20. The zero-order chi connectivity index (χ0) is 12.8. The third-order valence-corrected chi connectivity index (χ3v) is 4.18. The first kappa shape index (κ1) is 13.6. The molecule has 1 aliphatic carbocycles. The fourth-order valence-corrected chi connectivity index (χ4v) is 2.91. The summed E-state index contributed by atoms with van der Waals surface area (Å²) in [5.74, 6) is 1.35. The van der Waals surface area contributed by atoms with E-state index in [9.17, 15) is 5.11 Å². The Labute approximate surface area is 111 Å². The number of hydrogen-bond donors (Lipinski definition) is 1. The highest BCUT2D eigenvalue weighted by Gasteiger charge is 2.19. The molecular weight excluding hydrogens is 222 g/mol. The van der Waals surface area contributed by atoms with Crippen molar-refractivity contribution >= 4 is 0 Å². The predicted molar refractivity (Wildman–Crippen MR) is 76.1 cm³/mol. The van der Waals surface area contributed by atoms with E-state index in [-0.39, 0.29) is 6.73 Å². The van der Waals surface area contributed by atoms with E-state index < -0.39 is 0 Å². The van der Waals surface area contributed by atoms with E-state index >= 15 is 0 Å². The molecule has 0 spiro atoms. The number of nitrogens with zero attached hydrogens (tertiary/aromatic N) is 1. The largest absolute Gasteiger partial charge is 0.381 e. The van der Waals surface area contributed by atoms with Crippen LogP contribution in [-0.2, 0) is 0 Å². The maximum Gasteiger partial charge on any atom is 0.0956 e. The lowest BCUT2D eigenvalue weighted by molar-refractivity contribution is 0.110. The minimum Gasteiger partial charge on any atom is -0.381 e. The molecule has 0 aromatic rings. The first-order valence-corrected chi connectivity index (χ1v) is 7.16. The molecular formula is C16H25NO. The van der Waals surface area contributed by atoms with Gasteiger partial charge in [-0.05, 0) is 37.5 Å². The Morgan fingerprint density at radius 2 is 2.11 bits per heavy atom. The van der Waals surface area contributed by atoms with Crippen LogP contribution in [0.25, 0.3) is 0 Å². The number of likely N-dealkylation sites (tertiary alicyclic amines) is 1. The topological polar surface area (TPSA) is 23.5 Å². The second-order valence-corrected chi connectivity index (χ2v) is 5.56. The molecule has 0 amide bonds. The molecule has 100 valence electrons. The Morgan fingerprint density at radius 1 is 1.22 bits per heavy atom. The molecule has 18 heavy (non-hydrogen) atoms. The Bertz CT molecular complexity index is 343. The summed E-state index contributed by atoms with van der Waals surface area (Å²) >= 11 is 0. The molecule has 1 aliphatic heterocycles. The molecule has 2 nitrogen and oxygen atoms in total. The van der Waals surface area contributed by atoms with Gasteiger partial charge in [-0.3, -0.25) is 4.90 Å². The van der Waals surface area contributed by atoms with Gasteiger partial charge in [0, 0.05) is 13.1 Å². The van der Waals surface area contributed by atoms with Crippen LogP contribution in [-0.4, -0.2) is 29.8 Å². The van der Waals surface area contributed by atoms with Crippen LogP contribution in [0.4, 0.5) is 0 Å². The minimum absolute atomic E-state index is 0.220. The standard InChI is InChI=1S/C16H25NO/c1-14-6-3-2-4-8-16(14)12-15-7-5-10-17(13-18)11-9-15/h2-4,6,8,14-15,18H,5,7,9-13H2,1H3. The molecule has 2 aliphatic rings. The molecule has 2 heteroatoms. The predicted octanol–water partition coefficient (Wildman–Crippen LogP) is 3.12. The highest BCUT2D eigenvalue weighted by molar-refractivity contribution is 5.26. The zero-order valence-corrected chi connectivity index (χ0v) is 11.4. The van der Waals surface area contributed by atoms with Crippen molar-refractivity contribution in [1.29, 1.82) is 0 Å². The quantitative estimate of drug-likeness (QED) is 0.828. The van der Waals surface area contributed by atoms with Crippen molar-refractivity contribution in [1.82, 2.24) is 4.90 Å². The van der Waals surface area contributed by atoms with Gasteiger partial charge in [-0.1, -0.05) is 42.9 Å². The van der Waals surface area contributed by atoms with Gasteiger partial charge in [0.05, 0.1) is 6.73 Å². The molecule has 1 N–H and O–H groups in total. The molecule has 0 aromatic heterocycles. The van der Waals surface area contributed by atoms with Crippen molar-refractivity contribution in [3.8, 4) is 0 Å². The van der Waals surface area contributed by atoms with Gasteiger partial charge in [0.25, 0.3) is 0 Å². The van der Waals surface area contributed by atoms with Crippen LogP contribution in [0.5, 0.6) is 0 Å². The summed E-state index contributed by atoms with van der Waals surface area (Å²) in [7, 11) is 0.